The maximum Gasteiger partial charge on any atom is 0.323 e. The Bertz CT molecular complexity index is 750. The fourth-order valence-electron chi connectivity index (χ4n) is 3.82. The molecule has 1 aromatic carbocycles. The van der Waals surface area contributed by atoms with Crippen molar-refractivity contribution in [3.8, 4) is 12.3 Å². The predicted molar refractivity (Wildman–Crippen MR) is 134 cm³/mol. The Kier molecular flexibility index (Phi) is 9.30. The molecule has 1 heterocycles. The molecular formula is C26H40O3SSi. The lowest BCUT2D eigenvalue weighted by atomic mass is 9.94. The second-order valence-electron chi connectivity index (χ2n) is 10.3. The number of esters is 1. The molecule has 31 heavy (non-hydrogen) atoms. The minimum absolute atomic E-state index is 0.0424. The van der Waals surface area contributed by atoms with Gasteiger partial charge in [-0.25, -0.2) is 0 Å². The topological polar surface area (TPSA) is 35.5 Å². The Morgan fingerprint density at radius 2 is 1.94 bits per heavy atom. The number of carbonyl (C=O) groups excluding carboxylic acids is 1. The van der Waals surface area contributed by atoms with Crippen molar-refractivity contribution >= 4 is 26.0 Å². The van der Waals surface area contributed by atoms with E-state index in [1.807, 2.05) is 25.1 Å². The molecule has 0 aromatic heterocycles. The van der Waals surface area contributed by atoms with Crippen molar-refractivity contribution in [2.45, 2.75) is 113 Å². The number of hydrogen-bond acceptors (Lipinski definition) is 4. The second-order valence-corrected chi connectivity index (χ2v) is 16.6. The van der Waals surface area contributed by atoms with Gasteiger partial charge in [0.05, 0.1) is 0 Å². The number of benzene rings is 1. The number of terminal acetylenes is 1. The highest BCUT2D eigenvalue weighted by Gasteiger charge is 2.51. The molecule has 0 amide bonds. The molecule has 172 valence electrons. The van der Waals surface area contributed by atoms with Crippen molar-refractivity contribution in [3.05, 3.63) is 30.3 Å². The number of carbonyl (C=O) groups is 1. The SMILES string of the molecule is C#CCCCCC[C@H](CC1(Sc2ccccc2)C[C@H](C)OC1=O)O[Si](C)(C)C(C)(C)C. The van der Waals surface area contributed by atoms with Crippen LogP contribution in [0.5, 0.6) is 0 Å². The van der Waals surface area contributed by atoms with Crippen molar-refractivity contribution in [2.75, 3.05) is 0 Å². The van der Waals surface area contributed by atoms with Crippen molar-refractivity contribution < 1.29 is 14.0 Å². The van der Waals surface area contributed by atoms with Crippen LogP contribution in [-0.2, 0) is 14.0 Å². The summed E-state index contributed by atoms with van der Waals surface area (Å²) in [6, 6.07) is 10.2. The molecule has 1 aromatic rings. The van der Waals surface area contributed by atoms with E-state index >= 15 is 0 Å². The van der Waals surface area contributed by atoms with Crippen molar-refractivity contribution in [1.82, 2.24) is 0 Å². The molecular weight excluding hydrogens is 420 g/mol. The van der Waals surface area contributed by atoms with Crippen LogP contribution in [0.1, 0.15) is 72.6 Å². The van der Waals surface area contributed by atoms with Crippen LogP contribution in [0.15, 0.2) is 35.2 Å². The van der Waals surface area contributed by atoms with Crippen LogP contribution in [0, 0.1) is 12.3 Å². The largest absolute Gasteiger partial charge is 0.462 e. The fraction of sp³-hybridized carbons (Fsp3) is 0.654. The first kappa shape index (κ1) is 26.0. The van der Waals surface area contributed by atoms with Gasteiger partial charge in [-0.2, -0.15) is 0 Å². The highest BCUT2D eigenvalue weighted by atomic mass is 32.2. The third-order valence-corrected chi connectivity index (χ3v) is 12.5. The van der Waals surface area contributed by atoms with Crippen LogP contribution >= 0.6 is 11.8 Å². The number of hydrogen-bond donors (Lipinski definition) is 0. The Labute approximate surface area is 195 Å². The molecule has 3 atom stereocenters. The molecule has 0 bridgehead atoms. The summed E-state index contributed by atoms with van der Waals surface area (Å²) >= 11 is 1.65. The standard InChI is InChI=1S/C26H40O3SSi/c1-8-9-10-11-13-16-22(29-31(6,7)25(3,4)5)20-26(19-21(2)28-24(26)27)30-23-17-14-12-15-18-23/h1,12,14-15,17-18,21-22H,9-11,13,16,19-20H2,2-7H3/t21-,22+,26?/m0/s1. The maximum atomic E-state index is 13.1. The molecule has 0 N–H and O–H groups in total. The molecule has 0 spiro atoms. The number of cyclic esters (lactones) is 1. The van der Waals surface area contributed by atoms with E-state index in [1.54, 1.807) is 11.8 Å². The van der Waals surface area contributed by atoms with Gasteiger partial charge in [0.25, 0.3) is 0 Å². The summed E-state index contributed by atoms with van der Waals surface area (Å²) in [6.45, 7) is 13.4. The van der Waals surface area contributed by atoms with Gasteiger partial charge in [0, 0.05) is 23.8 Å². The highest BCUT2D eigenvalue weighted by molar-refractivity contribution is 8.01. The van der Waals surface area contributed by atoms with Crippen molar-refractivity contribution in [2.24, 2.45) is 0 Å². The van der Waals surface area contributed by atoms with Gasteiger partial charge in [0.1, 0.15) is 10.9 Å². The van der Waals surface area contributed by atoms with Crippen LogP contribution in [0.4, 0.5) is 0 Å². The summed E-state index contributed by atoms with van der Waals surface area (Å²) in [4.78, 5) is 14.2. The molecule has 1 aliphatic heterocycles. The summed E-state index contributed by atoms with van der Waals surface area (Å²) in [5.74, 6) is 2.64. The summed E-state index contributed by atoms with van der Waals surface area (Å²) in [5.41, 5.74) is 0. The minimum Gasteiger partial charge on any atom is -0.462 e. The third-order valence-electron chi connectivity index (χ3n) is 6.53. The Morgan fingerprint density at radius 1 is 1.26 bits per heavy atom. The molecule has 1 saturated heterocycles. The number of ether oxygens (including phenoxy) is 1. The quantitative estimate of drug-likeness (QED) is 0.151. The van der Waals surface area contributed by atoms with E-state index in [-0.39, 0.29) is 23.2 Å². The number of unbranched alkanes of at least 4 members (excludes halogenated alkanes) is 3. The van der Waals surface area contributed by atoms with E-state index in [2.05, 4.69) is 51.9 Å². The average Bonchev–Trinajstić information content (AvgIpc) is 2.93. The first-order valence-corrected chi connectivity index (χ1v) is 15.3. The number of thioether (sulfide) groups is 1. The molecule has 0 saturated carbocycles. The zero-order valence-electron chi connectivity index (χ0n) is 20.2. The third kappa shape index (κ3) is 7.41. The van der Waals surface area contributed by atoms with E-state index in [4.69, 9.17) is 15.6 Å². The van der Waals surface area contributed by atoms with Gasteiger partial charge in [0.2, 0.25) is 0 Å². The van der Waals surface area contributed by atoms with Crippen LogP contribution in [0.2, 0.25) is 18.1 Å². The average molecular weight is 461 g/mol. The van der Waals surface area contributed by atoms with Crippen molar-refractivity contribution in [1.29, 1.82) is 0 Å². The highest BCUT2D eigenvalue weighted by Crippen LogP contribution is 2.47. The summed E-state index contributed by atoms with van der Waals surface area (Å²) in [6.07, 6.45) is 11.8. The van der Waals surface area contributed by atoms with Gasteiger partial charge >= 0.3 is 5.97 Å². The van der Waals surface area contributed by atoms with E-state index < -0.39 is 13.1 Å². The molecule has 0 aliphatic carbocycles. The number of rotatable bonds is 11. The van der Waals surface area contributed by atoms with Crippen molar-refractivity contribution in [3.63, 3.8) is 0 Å². The lowest BCUT2D eigenvalue weighted by Crippen LogP contribution is -2.46. The van der Waals surface area contributed by atoms with E-state index in [0.717, 1.165) is 43.4 Å². The zero-order chi connectivity index (χ0) is 23.1. The Balaban J connectivity index is 2.24. The first-order valence-electron chi connectivity index (χ1n) is 11.6. The fourth-order valence-corrected chi connectivity index (χ4v) is 6.68. The van der Waals surface area contributed by atoms with Crippen LogP contribution in [-0.4, -0.2) is 31.2 Å². The van der Waals surface area contributed by atoms with Crippen LogP contribution < -0.4 is 0 Å². The van der Waals surface area contributed by atoms with Crippen LogP contribution in [0.3, 0.4) is 0 Å². The molecule has 5 heteroatoms. The second kappa shape index (κ2) is 11.1. The summed E-state index contributed by atoms with van der Waals surface area (Å²) < 4.78 is 12.0. The lowest BCUT2D eigenvalue weighted by molar-refractivity contribution is -0.143. The lowest BCUT2D eigenvalue weighted by Gasteiger charge is -2.41. The summed E-state index contributed by atoms with van der Waals surface area (Å²) in [7, 11) is -1.97. The molecule has 1 fully saturated rings. The minimum atomic E-state index is -1.97. The van der Waals surface area contributed by atoms with Gasteiger partial charge in [-0.3, -0.25) is 4.79 Å². The normalized spacial score (nSPS) is 22.7. The summed E-state index contributed by atoms with van der Waals surface area (Å²) in [5, 5.41) is 0.123. The van der Waals surface area contributed by atoms with E-state index in [9.17, 15) is 4.79 Å². The Morgan fingerprint density at radius 3 is 2.48 bits per heavy atom. The molecule has 1 aliphatic rings. The molecule has 2 rings (SSSR count). The Hall–Kier alpha value is -1.22. The van der Waals surface area contributed by atoms with Gasteiger partial charge in [-0.05, 0) is 56.5 Å². The molecule has 1 unspecified atom stereocenters. The maximum absolute atomic E-state index is 13.1. The first-order chi connectivity index (χ1) is 14.5. The van der Waals surface area contributed by atoms with Gasteiger partial charge in [0.15, 0.2) is 8.32 Å². The van der Waals surface area contributed by atoms with Crippen LogP contribution in [0.25, 0.3) is 0 Å². The predicted octanol–water partition coefficient (Wildman–Crippen LogP) is 7.22. The van der Waals surface area contributed by atoms with E-state index in [1.165, 1.54) is 0 Å². The monoisotopic (exact) mass is 460 g/mol. The van der Waals surface area contributed by atoms with E-state index in [0.29, 0.717) is 6.42 Å². The zero-order valence-corrected chi connectivity index (χ0v) is 22.0. The van der Waals surface area contributed by atoms with Gasteiger partial charge < -0.3 is 9.16 Å². The smallest absolute Gasteiger partial charge is 0.323 e. The molecule has 0 radical (unpaired) electrons. The van der Waals surface area contributed by atoms with Gasteiger partial charge in [-0.1, -0.05) is 51.8 Å². The molecule has 3 nitrogen and oxygen atoms in total. The van der Waals surface area contributed by atoms with Gasteiger partial charge in [-0.15, -0.1) is 24.1 Å².